The maximum Gasteiger partial charge on any atom is 0.247 e. The van der Waals surface area contributed by atoms with Crippen molar-refractivity contribution in [1.29, 1.82) is 0 Å². The third-order valence-electron chi connectivity index (χ3n) is 5.22. The Morgan fingerprint density at radius 2 is 2.03 bits per heavy atom. The molecule has 4 bridgehead atoms. The molecule has 2 aromatic heterocycles. The van der Waals surface area contributed by atoms with Crippen LogP contribution in [-0.2, 0) is 17.8 Å². The normalized spacial score (nSPS) is 15.4. The highest BCUT2D eigenvalue weighted by molar-refractivity contribution is 6.32. The maximum atomic E-state index is 12.7. The third-order valence-corrected chi connectivity index (χ3v) is 5.49. The summed E-state index contributed by atoms with van der Waals surface area (Å²) in [6.07, 6.45) is 10.2. The summed E-state index contributed by atoms with van der Waals surface area (Å²) in [6, 6.07) is 11.8. The van der Waals surface area contributed by atoms with Gasteiger partial charge in [0.05, 0.1) is 6.20 Å². The molecule has 172 valence electrons. The van der Waals surface area contributed by atoms with Crippen LogP contribution in [0.2, 0.25) is 5.02 Å². The van der Waals surface area contributed by atoms with Gasteiger partial charge in [0, 0.05) is 35.9 Å². The van der Waals surface area contributed by atoms with E-state index in [0.717, 1.165) is 29.7 Å². The van der Waals surface area contributed by atoms with Crippen LogP contribution in [-0.4, -0.2) is 20.9 Å². The van der Waals surface area contributed by atoms with Gasteiger partial charge < -0.3 is 16.0 Å². The molecule has 7 nitrogen and oxygen atoms in total. The summed E-state index contributed by atoms with van der Waals surface area (Å²) in [5.41, 5.74) is 5.13. The van der Waals surface area contributed by atoms with E-state index in [1.54, 1.807) is 25.4 Å². The van der Waals surface area contributed by atoms with Gasteiger partial charge in [0.15, 0.2) is 5.82 Å². The molecule has 0 atom stereocenters. The summed E-state index contributed by atoms with van der Waals surface area (Å²) >= 11 is 6.37. The molecule has 3 N–H and O–H groups in total. The summed E-state index contributed by atoms with van der Waals surface area (Å²) in [5.74, 6) is 0.660. The number of fused-ring (bicyclic) bond motifs is 4. The first kappa shape index (κ1) is 23.2. The number of anilines is 3. The summed E-state index contributed by atoms with van der Waals surface area (Å²) in [5, 5.41) is 9.74. The zero-order valence-electron chi connectivity index (χ0n) is 18.8. The van der Waals surface area contributed by atoms with Crippen LogP contribution in [0.4, 0.5) is 17.5 Å². The summed E-state index contributed by atoms with van der Waals surface area (Å²) in [4.78, 5) is 25.5. The van der Waals surface area contributed by atoms with Crippen molar-refractivity contribution in [3.63, 3.8) is 0 Å². The first-order valence-electron chi connectivity index (χ1n) is 10.9. The van der Waals surface area contributed by atoms with Crippen LogP contribution >= 0.6 is 11.6 Å². The van der Waals surface area contributed by atoms with E-state index in [2.05, 4.69) is 49.6 Å². The summed E-state index contributed by atoms with van der Waals surface area (Å²) in [7, 11) is 0. The lowest BCUT2D eigenvalue weighted by atomic mass is 10.0. The Morgan fingerprint density at radius 1 is 1.21 bits per heavy atom. The number of hydrogen-bond acceptors (Lipinski definition) is 6. The molecule has 0 saturated carbocycles. The average Bonchev–Trinajstić information content (AvgIpc) is 2.84. The smallest absolute Gasteiger partial charge is 0.247 e. The maximum absolute atomic E-state index is 12.7. The second-order valence-electron chi connectivity index (χ2n) is 7.96. The molecule has 1 aliphatic rings. The van der Waals surface area contributed by atoms with Gasteiger partial charge in [-0.2, -0.15) is 4.98 Å². The number of aryl methyl sites for hydroxylation is 1. The van der Waals surface area contributed by atoms with Crippen LogP contribution in [0.1, 0.15) is 24.5 Å². The van der Waals surface area contributed by atoms with Gasteiger partial charge in [0.2, 0.25) is 11.9 Å². The Labute approximate surface area is 203 Å². The number of halogens is 1. The van der Waals surface area contributed by atoms with Gasteiger partial charge in [-0.25, -0.2) is 4.98 Å². The number of aromatic nitrogens is 3. The predicted octanol–water partition coefficient (Wildman–Crippen LogP) is 5.33. The number of carbonyl (C=O) groups excluding carboxylic acids is 1. The van der Waals surface area contributed by atoms with Crippen LogP contribution in [0.5, 0.6) is 0 Å². The number of pyridine rings is 1. The van der Waals surface area contributed by atoms with Crippen molar-refractivity contribution in [3.8, 4) is 0 Å². The molecule has 34 heavy (non-hydrogen) atoms. The van der Waals surface area contributed by atoms with E-state index in [9.17, 15) is 4.79 Å². The molecule has 0 fully saturated rings. The zero-order chi connectivity index (χ0) is 23.9. The van der Waals surface area contributed by atoms with E-state index in [0.29, 0.717) is 34.6 Å². The average molecular weight is 473 g/mol. The number of nitrogens with zero attached hydrogens (tertiary/aromatic N) is 3. The summed E-state index contributed by atoms with van der Waals surface area (Å²) in [6.45, 7) is 6.38. The van der Waals surface area contributed by atoms with Crippen LogP contribution in [0.15, 0.2) is 90.6 Å². The highest BCUT2D eigenvalue weighted by Crippen LogP contribution is 2.25. The van der Waals surface area contributed by atoms with Gasteiger partial charge in [0.1, 0.15) is 5.02 Å². The molecule has 0 spiro atoms. The van der Waals surface area contributed by atoms with Crippen molar-refractivity contribution in [3.05, 3.63) is 107 Å². The zero-order valence-corrected chi connectivity index (χ0v) is 19.6. The van der Waals surface area contributed by atoms with E-state index in [1.807, 2.05) is 30.3 Å². The molecule has 0 unspecified atom stereocenters. The number of benzene rings is 1. The Bertz CT molecular complexity index is 1270. The Kier molecular flexibility index (Phi) is 7.34. The minimum absolute atomic E-state index is 0.180. The second kappa shape index (κ2) is 10.8. The molecular formula is C26H25ClN6O. The van der Waals surface area contributed by atoms with Gasteiger partial charge in [-0.05, 0) is 67.3 Å². The molecule has 1 amide bonds. The van der Waals surface area contributed by atoms with E-state index in [-0.39, 0.29) is 5.91 Å². The Morgan fingerprint density at radius 3 is 2.85 bits per heavy atom. The topological polar surface area (TPSA) is 91.8 Å². The van der Waals surface area contributed by atoms with Crippen molar-refractivity contribution < 1.29 is 4.79 Å². The summed E-state index contributed by atoms with van der Waals surface area (Å²) < 4.78 is 0. The fraction of sp³-hybridized carbons (Fsp3) is 0.154. The highest BCUT2D eigenvalue weighted by Gasteiger charge is 2.11. The molecule has 0 aliphatic carbocycles. The van der Waals surface area contributed by atoms with E-state index in [1.165, 1.54) is 11.8 Å². The minimum atomic E-state index is -0.180. The number of amides is 1. The van der Waals surface area contributed by atoms with Gasteiger partial charge in [0.25, 0.3) is 0 Å². The molecule has 3 aromatic rings. The molecule has 3 heterocycles. The van der Waals surface area contributed by atoms with Crippen LogP contribution in [0, 0.1) is 0 Å². The van der Waals surface area contributed by atoms with Gasteiger partial charge in [-0.3, -0.25) is 9.78 Å². The standard InChI is InChI=1S/C26H25ClN6O/c1-17-6-7-19-4-3-5-21(14-19)32-26-30-16-23(27)24(33-26)31-22(12-17)13-18(2)25(34)29-15-20-8-10-28-11-9-20/h3-5,8-14,16H,1,6-7,15H2,2H3,(H,29,34)(H2,30,31,32,33)/b18-13+,22-12+. The van der Waals surface area contributed by atoms with Crippen molar-refractivity contribution in [2.45, 2.75) is 26.3 Å². The molecule has 0 radical (unpaired) electrons. The van der Waals surface area contributed by atoms with Gasteiger partial charge in [-0.1, -0.05) is 35.9 Å². The molecular weight excluding hydrogens is 448 g/mol. The lowest BCUT2D eigenvalue weighted by Gasteiger charge is -2.12. The Hall–Kier alpha value is -3.97. The SMILES string of the molecule is C=C1/C=C(\C=C(/C)C(=O)NCc2ccncc2)Nc2nc(ncc2Cl)Nc2cccc(c2)CC1. The van der Waals surface area contributed by atoms with Crippen LogP contribution < -0.4 is 16.0 Å². The number of rotatable bonds is 4. The van der Waals surface area contributed by atoms with Crippen molar-refractivity contribution in [2.75, 3.05) is 10.6 Å². The Balaban J connectivity index is 1.60. The molecule has 4 rings (SSSR count). The lowest BCUT2D eigenvalue weighted by molar-refractivity contribution is -0.117. The third kappa shape index (κ3) is 6.30. The van der Waals surface area contributed by atoms with Crippen molar-refractivity contribution in [2.24, 2.45) is 0 Å². The number of hydrogen-bond donors (Lipinski definition) is 3. The quantitative estimate of drug-likeness (QED) is 0.444. The lowest BCUT2D eigenvalue weighted by Crippen LogP contribution is -2.23. The van der Waals surface area contributed by atoms with Gasteiger partial charge in [-0.15, -0.1) is 0 Å². The van der Waals surface area contributed by atoms with Gasteiger partial charge >= 0.3 is 0 Å². The molecule has 1 aromatic carbocycles. The minimum Gasteiger partial charge on any atom is -0.348 e. The first-order chi connectivity index (χ1) is 16.5. The van der Waals surface area contributed by atoms with E-state index < -0.39 is 0 Å². The van der Waals surface area contributed by atoms with Crippen LogP contribution in [0.25, 0.3) is 0 Å². The largest absolute Gasteiger partial charge is 0.348 e. The molecule has 8 heteroatoms. The fourth-order valence-electron chi connectivity index (χ4n) is 3.42. The number of allylic oxidation sites excluding steroid dienone is 3. The monoisotopic (exact) mass is 472 g/mol. The van der Waals surface area contributed by atoms with Crippen LogP contribution in [0.3, 0.4) is 0 Å². The first-order valence-corrected chi connectivity index (χ1v) is 11.2. The highest BCUT2D eigenvalue weighted by atomic mass is 35.5. The molecule has 1 aliphatic heterocycles. The van der Waals surface area contributed by atoms with Crippen molar-refractivity contribution >= 4 is 35.0 Å². The predicted molar refractivity (Wildman–Crippen MR) is 136 cm³/mol. The van der Waals surface area contributed by atoms with E-state index >= 15 is 0 Å². The molecule has 0 saturated heterocycles. The fourth-order valence-corrected chi connectivity index (χ4v) is 3.56. The van der Waals surface area contributed by atoms with Crippen molar-refractivity contribution in [1.82, 2.24) is 20.3 Å². The number of carbonyl (C=O) groups is 1. The second-order valence-corrected chi connectivity index (χ2v) is 8.37. The number of nitrogens with one attached hydrogen (secondary N) is 3. The van der Waals surface area contributed by atoms with E-state index in [4.69, 9.17) is 11.6 Å².